The number of aliphatic hydroxyl groups is 1. The van der Waals surface area contributed by atoms with Crippen molar-refractivity contribution < 1.29 is 5.11 Å². The van der Waals surface area contributed by atoms with Gasteiger partial charge in [0.15, 0.2) is 0 Å². The molecule has 0 saturated heterocycles. The molecule has 0 bridgehead atoms. The lowest BCUT2D eigenvalue weighted by atomic mass is 10.1. The normalized spacial score (nSPS) is 12.0. The molecule has 0 saturated carbocycles. The second-order valence-corrected chi connectivity index (χ2v) is 5.80. The summed E-state index contributed by atoms with van der Waals surface area (Å²) in [6.45, 7) is 5.59. The number of thiazole rings is 1. The first kappa shape index (κ1) is 10.8. The zero-order chi connectivity index (χ0) is 11.1. The zero-order valence-corrected chi connectivity index (χ0v) is 10.6. The molecule has 0 radical (unpaired) electrons. The molecule has 0 atom stereocenters. The van der Waals surface area contributed by atoms with Crippen molar-refractivity contribution in [2.24, 2.45) is 0 Å². The van der Waals surface area contributed by atoms with Crippen molar-refractivity contribution in [3.05, 3.63) is 28.1 Å². The van der Waals surface area contributed by atoms with Crippen LogP contribution in [0, 0.1) is 6.92 Å². The van der Waals surface area contributed by atoms with E-state index in [-0.39, 0.29) is 0 Å². The Bertz CT molecular complexity index is 465. The molecule has 2 nitrogen and oxygen atoms in total. The summed E-state index contributed by atoms with van der Waals surface area (Å²) in [4.78, 5) is 5.67. The van der Waals surface area contributed by atoms with Crippen molar-refractivity contribution in [3.63, 3.8) is 0 Å². The van der Waals surface area contributed by atoms with E-state index in [9.17, 15) is 5.11 Å². The van der Waals surface area contributed by atoms with Gasteiger partial charge in [0.05, 0.1) is 10.6 Å². The molecule has 0 amide bonds. The summed E-state index contributed by atoms with van der Waals surface area (Å²) in [6.07, 6.45) is 0. The van der Waals surface area contributed by atoms with Crippen LogP contribution in [-0.4, -0.2) is 10.1 Å². The van der Waals surface area contributed by atoms with Crippen LogP contribution in [0.15, 0.2) is 16.8 Å². The summed E-state index contributed by atoms with van der Waals surface area (Å²) in [5.41, 5.74) is 1.15. The minimum absolute atomic E-state index is 0.746. The highest BCUT2D eigenvalue weighted by Gasteiger charge is 2.20. The molecule has 1 N–H and O–H groups in total. The lowest BCUT2D eigenvalue weighted by molar-refractivity contribution is 0.0746. The Hall–Kier alpha value is -0.710. The maximum Gasteiger partial charge on any atom is 0.134 e. The van der Waals surface area contributed by atoms with Crippen LogP contribution in [0.1, 0.15) is 25.1 Å². The van der Waals surface area contributed by atoms with Crippen LogP contribution in [0.5, 0.6) is 0 Å². The molecule has 4 heteroatoms. The van der Waals surface area contributed by atoms with Crippen LogP contribution in [0.3, 0.4) is 0 Å². The third kappa shape index (κ3) is 2.12. The van der Waals surface area contributed by atoms with E-state index in [0.717, 1.165) is 10.7 Å². The van der Waals surface area contributed by atoms with Gasteiger partial charge < -0.3 is 5.11 Å². The summed E-state index contributed by atoms with van der Waals surface area (Å²) in [5.74, 6) is 0. The monoisotopic (exact) mass is 239 g/mol. The molecule has 0 spiro atoms. The molecule has 0 fully saturated rings. The summed E-state index contributed by atoms with van der Waals surface area (Å²) in [7, 11) is 0. The van der Waals surface area contributed by atoms with Crippen molar-refractivity contribution in [2.75, 3.05) is 0 Å². The van der Waals surface area contributed by atoms with E-state index < -0.39 is 5.60 Å². The first-order chi connectivity index (χ1) is 6.98. The second-order valence-electron chi connectivity index (χ2n) is 4.03. The molecule has 0 unspecified atom stereocenters. The average Bonchev–Trinajstić information content (AvgIpc) is 2.69. The highest BCUT2D eigenvalue weighted by Crippen LogP contribution is 2.33. The minimum atomic E-state index is -0.847. The van der Waals surface area contributed by atoms with Crippen LogP contribution >= 0.6 is 22.7 Å². The van der Waals surface area contributed by atoms with Crippen molar-refractivity contribution in [3.8, 4) is 9.88 Å². The standard InChI is InChI=1S/C11H13NOS2/c1-7-4-5-14-9(7)10-12-8(6-15-10)11(2,3)13/h4-6,13H,1-3H3. The number of aryl methyl sites for hydroxylation is 1. The van der Waals surface area contributed by atoms with E-state index in [4.69, 9.17) is 0 Å². The van der Waals surface area contributed by atoms with Gasteiger partial charge in [0, 0.05) is 5.38 Å². The molecule has 0 aliphatic carbocycles. The molecular weight excluding hydrogens is 226 g/mol. The Balaban J connectivity index is 2.41. The van der Waals surface area contributed by atoms with Crippen LogP contribution in [0.4, 0.5) is 0 Å². The predicted octanol–water partition coefficient (Wildman–Crippen LogP) is 3.41. The smallest absolute Gasteiger partial charge is 0.134 e. The number of thiophene rings is 1. The van der Waals surface area contributed by atoms with E-state index in [1.165, 1.54) is 10.4 Å². The van der Waals surface area contributed by atoms with Crippen molar-refractivity contribution in [2.45, 2.75) is 26.4 Å². The molecule has 2 heterocycles. The van der Waals surface area contributed by atoms with Gasteiger partial charge in [0.2, 0.25) is 0 Å². The fourth-order valence-electron chi connectivity index (χ4n) is 1.25. The average molecular weight is 239 g/mol. The third-order valence-corrected chi connectivity index (χ3v) is 4.20. The summed E-state index contributed by atoms with van der Waals surface area (Å²) < 4.78 is 0. The number of hydrogen-bond donors (Lipinski definition) is 1. The van der Waals surface area contributed by atoms with Crippen LogP contribution in [-0.2, 0) is 5.60 Å². The molecular formula is C11H13NOS2. The Labute approximate surface area is 97.2 Å². The molecule has 0 aliphatic heterocycles. The largest absolute Gasteiger partial charge is 0.384 e. The van der Waals surface area contributed by atoms with Crippen molar-refractivity contribution in [1.29, 1.82) is 0 Å². The SMILES string of the molecule is Cc1ccsc1-c1nc(C(C)(C)O)cs1. The molecule has 0 aromatic carbocycles. The van der Waals surface area contributed by atoms with E-state index in [1.807, 2.05) is 5.38 Å². The quantitative estimate of drug-likeness (QED) is 0.871. The van der Waals surface area contributed by atoms with Gasteiger partial charge in [-0.1, -0.05) is 0 Å². The maximum absolute atomic E-state index is 9.82. The van der Waals surface area contributed by atoms with E-state index in [0.29, 0.717) is 0 Å². The fourth-order valence-corrected chi connectivity index (χ4v) is 3.33. The van der Waals surface area contributed by atoms with Crippen LogP contribution in [0.25, 0.3) is 9.88 Å². The minimum Gasteiger partial charge on any atom is -0.384 e. The van der Waals surface area contributed by atoms with Crippen LogP contribution < -0.4 is 0 Å². The Morgan fingerprint density at radius 2 is 2.07 bits per heavy atom. The summed E-state index contributed by atoms with van der Waals surface area (Å²) in [6, 6.07) is 2.09. The van der Waals surface area contributed by atoms with Gasteiger partial charge in [-0.15, -0.1) is 22.7 Å². The lowest BCUT2D eigenvalue weighted by Gasteiger charge is -2.12. The van der Waals surface area contributed by atoms with E-state index in [1.54, 1.807) is 36.5 Å². The van der Waals surface area contributed by atoms with Crippen LogP contribution in [0.2, 0.25) is 0 Å². The Morgan fingerprint density at radius 3 is 2.53 bits per heavy atom. The van der Waals surface area contributed by atoms with E-state index in [2.05, 4.69) is 23.4 Å². The molecule has 0 aliphatic rings. The molecule has 2 aromatic rings. The number of aromatic nitrogens is 1. The van der Waals surface area contributed by atoms with E-state index >= 15 is 0 Å². The maximum atomic E-state index is 9.82. The highest BCUT2D eigenvalue weighted by molar-refractivity contribution is 7.20. The first-order valence-electron chi connectivity index (χ1n) is 4.71. The van der Waals surface area contributed by atoms with Gasteiger partial charge >= 0.3 is 0 Å². The number of rotatable bonds is 2. The Kier molecular flexibility index (Phi) is 2.66. The second kappa shape index (κ2) is 3.70. The fraction of sp³-hybridized carbons (Fsp3) is 0.364. The van der Waals surface area contributed by atoms with Crippen molar-refractivity contribution >= 4 is 22.7 Å². The highest BCUT2D eigenvalue weighted by atomic mass is 32.1. The first-order valence-corrected chi connectivity index (χ1v) is 6.47. The topological polar surface area (TPSA) is 33.1 Å². The molecule has 80 valence electrons. The molecule has 2 rings (SSSR count). The van der Waals surface area contributed by atoms with Gasteiger partial charge in [0.25, 0.3) is 0 Å². The van der Waals surface area contributed by atoms with Gasteiger partial charge in [-0.05, 0) is 37.8 Å². The van der Waals surface area contributed by atoms with Gasteiger partial charge in [-0.2, -0.15) is 0 Å². The molecule has 15 heavy (non-hydrogen) atoms. The lowest BCUT2D eigenvalue weighted by Crippen LogP contribution is -2.15. The number of nitrogens with zero attached hydrogens (tertiary/aromatic N) is 1. The third-order valence-electron chi connectivity index (χ3n) is 2.19. The van der Waals surface area contributed by atoms with Crippen molar-refractivity contribution in [1.82, 2.24) is 4.98 Å². The Morgan fingerprint density at radius 1 is 1.33 bits per heavy atom. The molecule has 2 aromatic heterocycles. The summed E-state index contributed by atoms with van der Waals surface area (Å²) in [5, 5.41) is 14.8. The predicted molar refractivity (Wildman–Crippen MR) is 65.4 cm³/mol. The summed E-state index contributed by atoms with van der Waals surface area (Å²) >= 11 is 3.28. The van der Waals surface area contributed by atoms with Gasteiger partial charge in [0.1, 0.15) is 10.6 Å². The number of hydrogen-bond acceptors (Lipinski definition) is 4. The zero-order valence-electron chi connectivity index (χ0n) is 8.94. The van der Waals surface area contributed by atoms with Gasteiger partial charge in [-0.25, -0.2) is 4.98 Å². The van der Waals surface area contributed by atoms with Gasteiger partial charge in [-0.3, -0.25) is 0 Å².